The van der Waals surface area contributed by atoms with Crippen molar-refractivity contribution in [3.05, 3.63) is 28.8 Å². The summed E-state index contributed by atoms with van der Waals surface area (Å²) in [5, 5.41) is 6.89. The molecule has 0 spiro atoms. The van der Waals surface area contributed by atoms with Gasteiger partial charge in [0, 0.05) is 24.0 Å². The van der Waals surface area contributed by atoms with E-state index in [1.165, 1.54) is 0 Å². The molecule has 0 aliphatic heterocycles. The number of rotatable bonds is 9. The molecule has 2 N–H and O–H groups in total. The standard InChI is InChI=1S/C16H25ClN2O2/c1-4-18-13(3)11-19-16(20)6-5-9-21-14-7-8-15(17)12(2)10-14/h7-8,10,13,18H,4-6,9,11H2,1-3H3,(H,19,20)/t13-/m1/s1. The van der Waals surface area contributed by atoms with Crippen LogP contribution in [0.1, 0.15) is 32.3 Å². The number of ether oxygens (including phenoxy) is 1. The lowest BCUT2D eigenvalue weighted by Crippen LogP contribution is -2.38. The molecule has 1 atom stereocenters. The number of hydrogen-bond donors (Lipinski definition) is 2. The molecule has 0 saturated heterocycles. The molecular formula is C16H25ClN2O2. The van der Waals surface area contributed by atoms with E-state index in [1.54, 1.807) is 0 Å². The number of nitrogens with one attached hydrogen (secondary N) is 2. The van der Waals surface area contributed by atoms with E-state index in [4.69, 9.17) is 16.3 Å². The lowest BCUT2D eigenvalue weighted by molar-refractivity contribution is -0.121. The Labute approximate surface area is 132 Å². The fraction of sp³-hybridized carbons (Fsp3) is 0.562. The van der Waals surface area contributed by atoms with Gasteiger partial charge in [0.05, 0.1) is 6.61 Å². The van der Waals surface area contributed by atoms with E-state index >= 15 is 0 Å². The molecule has 1 aromatic rings. The Balaban J connectivity index is 2.15. The van der Waals surface area contributed by atoms with Crippen LogP contribution >= 0.6 is 11.6 Å². The summed E-state index contributed by atoms with van der Waals surface area (Å²) in [6, 6.07) is 5.86. The van der Waals surface area contributed by atoms with Gasteiger partial charge >= 0.3 is 0 Å². The summed E-state index contributed by atoms with van der Waals surface area (Å²) in [6.07, 6.45) is 1.18. The van der Waals surface area contributed by atoms with E-state index in [0.717, 1.165) is 22.9 Å². The molecule has 21 heavy (non-hydrogen) atoms. The van der Waals surface area contributed by atoms with Gasteiger partial charge in [-0.2, -0.15) is 0 Å². The van der Waals surface area contributed by atoms with Gasteiger partial charge in [-0.05, 0) is 50.6 Å². The first-order valence-electron chi connectivity index (χ1n) is 7.42. The van der Waals surface area contributed by atoms with Crippen LogP contribution in [0.3, 0.4) is 0 Å². The summed E-state index contributed by atoms with van der Waals surface area (Å²) >= 11 is 5.95. The fourth-order valence-corrected chi connectivity index (χ4v) is 2.02. The molecule has 0 aliphatic rings. The van der Waals surface area contributed by atoms with Crippen LogP contribution in [-0.4, -0.2) is 31.6 Å². The Bertz CT molecular complexity index is 452. The minimum Gasteiger partial charge on any atom is -0.494 e. The second-order valence-corrected chi connectivity index (χ2v) is 5.53. The van der Waals surface area contributed by atoms with Crippen molar-refractivity contribution in [1.29, 1.82) is 0 Å². The van der Waals surface area contributed by atoms with Crippen LogP contribution in [0.15, 0.2) is 18.2 Å². The van der Waals surface area contributed by atoms with E-state index in [0.29, 0.717) is 32.0 Å². The molecule has 0 saturated carbocycles. The maximum atomic E-state index is 11.6. The predicted octanol–water partition coefficient (Wildman–Crippen LogP) is 2.92. The van der Waals surface area contributed by atoms with Gasteiger partial charge in [0.15, 0.2) is 0 Å². The van der Waals surface area contributed by atoms with Gasteiger partial charge in [0.25, 0.3) is 0 Å². The number of aryl methyl sites for hydroxylation is 1. The Morgan fingerprint density at radius 1 is 1.43 bits per heavy atom. The molecule has 0 bridgehead atoms. The van der Waals surface area contributed by atoms with E-state index < -0.39 is 0 Å². The van der Waals surface area contributed by atoms with Gasteiger partial charge in [-0.1, -0.05) is 18.5 Å². The second-order valence-electron chi connectivity index (χ2n) is 5.13. The van der Waals surface area contributed by atoms with Crippen molar-refractivity contribution in [2.24, 2.45) is 0 Å². The largest absolute Gasteiger partial charge is 0.494 e. The lowest BCUT2D eigenvalue weighted by atomic mass is 10.2. The quantitative estimate of drug-likeness (QED) is 0.689. The van der Waals surface area contributed by atoms with Crippen LogP contribution in [0.2, 0.25) is 5.02 Å². The second kappa shape index (κ2) is 9.64. The van der Waals surface area contributed by atoms with Gasteiger partial charge in [0.2, 0.25) is 5.91 Å². The molecule has 1 rings (SSSR count). The maximum Gasteiger partial charge on any atom is 0.220 e. The normalized spacial score (nSPS) is 12.0. The molecule has 1 amide bonds. The Morgan fingerprint density at radius 2 is 2.19 bits per heavy atom. The summed E-state index contributed by atoms with van der Waals surface area (Å²) < 4.78 is 5.61. The lowest BCUT2D eigenvalue weighted by Gasteiger charge is -2.13. The number of hydrogen-bond acceptors (Lipinski definition) is 3. The highest BCUT2D eigenvalue weighted by molar-refractivity contribution is 6.31. The van der Waals surface area contributed by atoms with Gasteiger partial charge in [-0.25, -0.2) is 0 Å². The van der Waals surface area contributed by atoms with Crippen molar-refractivity contribution in [2.75, 3.05) is 19.7 Å². The molecule has 0 heterocycles. The zero-order valence-corrected chi connectivity index (χ0v) is 13.8. The van der Waals surface area contributed by atoms with Gasteiger partial charge < -0.3 is 15.4 Å². The first-order valence-corrected chi connectivity index (χ1v) is 7.79. The van der Waals surface area contributed by atoms with Gasteiger partial charge in [-0.3, -0.25) is 4.79 Å². The summed E-state index contributed by atoms with van der Waals surface area (Å²) in [7, 11) is 0. The van der Waals surface area contributed by atoms with Crippen molar-refractivity contribution in [1.82, 2.24) is 10.6 Å². The number of halogens is 1. The Kier molecular flexibility index (Phi) is 8.16. The van der Waals surface area contributed by atoms with Gasteiger partial charge in [-0.15, -0.1) is 0 Å². The highest BCUT2D eigenvalue weighted by Crippen LogP contribution is 2.21. The number of amides is 1. The van der Waals surface area contributed by atoms with Crippen LogP contribution < -0.4 is 15.4 Å². The first-order chi connectivity index (χ1) is 10.0. The molecule has 0 radical (unpaired) electrons. The van der Waals surface area contributed by atoms with E-state index in [1.807, 2.05) is 32.0 Å². The van der Waals surface area contributed by atoms with E-state index in [2.05, 4.69) is 17.6 Å². The molecule has 1 aromatic carbocycles. The van der Waals surface area contributed by atoms with Crippen LogP contribution in [0.25, 0.3) is 0 Å². The summed E-state index contributed by atoms with van der Waals surface area (Å²) in [4.78, 5) is 11.6. The maximum absolute atomic E-state index is 11.6. The minimum atomic E-state index is 0.0654. The molecular weight excluding hydrogens is 288 g/mol. The van der Waals surface area contributed by atoms with Crippen molar-refractivity contribution in [3.63, 3.8) is 0 Å². The number of carbonyl (C=O) groups is 1. The Morgan fingerprint density at radius 3 is 2.86 bits per heavy atom. The van der Waals surface area contributed by atoms with Gasteiger partial charge in [0.1, 0.15) is 5.75 Å². The third-order valence-corrected chi connectivity index (χ3v) is 3.53. The smallest absolute Gasteiger partial charge is 0.220 e. The molecule has 118 valence electrons. The van der Waals surface area contributed by atoms with Crippen molar-refractivity contribution in [3.8, 4) is 5.75 Å². The van der Waals surface area contributed by atoms with Crippen LogP contribution in [0.4, 0.5) is 0 Å². The molecule has 4 nitrogen and oxygen atoms in total. The highest BCUT2D eigenvalue weighted by Gasteiger charge is 2.05. The van der Waals surface area contributed by atoms with Crippen molar-refractivity contribution in [2.45, 2.75) is 39.7 Å². The van der Waals surface area contributed by atoms with Crippen LogP contribution in [-0.2, 0) is 4.79 Å². The highest BCUT2D eigenvalue weighted by atomic mass is 35.5. The monoisotopic (exact) mass is 312 g/mol. The first kappa shape index (κ1) is 17.8. The molecule has 0 aliphatic carbocycles. The fourth-order valence-electron chi connectivity index (χ4n) is 1.91. The average Bonchev–Trinajstić information content (AvgIpc) is 2.45. The van der Waals surface area contributed by atoms with E-state index in [9.17, 15) is 4.79 Å². The SMILES string of the molecule is CCN[C@H](C)CNC(=O)CCCOc1ccc(Cl)c(C)c1. The zero-order valence-electron chi connectivity index (χ0n) is 13.0. The molecule has 5 heteroatoms. The average molecular weight is 313 g/mol. The Hall–Kier alpha value is -1.26. The minimum absolute atomic E-state index is 0.0654. The molecule has 0 aromatic heterocycles. The topological polar surface area (TPSA) is 50.4 Å². The number of benzene rings is 1. The van der Waals surface area contributed by atoms with Crippen molar-refractivity contribution < 1.29 is 9.53 Å². The molecule has 0 fully saturated rings. The van der Waals surface area contributed by atoms with Crippen LogP contribution in [0.5, 0.6) is 5.75 Å². The van der Waals surface area contributed by atoms with Crippen LogP contribution in [0, 0.1) is 6.92 Å². The summed E-state index contributed by atoms with van der Waals surface area (Å²) in [5.41, 5.74) is 0.990. The predicted molar refractivity (Wildman–Crippen MR) is 87.1 cm³/mol. The summed E-state index contributed by atoms with van der Waals surface area (Å²) in [5.74, 6) is 0.855. The van der Waals surface area contributed by atoms with E-state index in [-0.39, 0.29) is 5.91 Å². The molecule has 0 unspecified atom stereocenters. The summed E-state index contributed by atoms with van der Waals surface area (Å²) in [6.45, 7) is 8.13. The zero-order chi connectivity index (χ0) is 15.7. The van der Waals surface area contributed by atoms with Crippen molar-refractivity contribution >= 4 is 17.5 Å². The third-order valence-electron chi connectivity index (χ3n) is 3.10. The number of carbonyl (C=O) groups excluding carboxylic acids is 1. The number of likely N-dealkylation sites (N-methyl/N-ethyl adjacent to an activating group) is 1. The third kappa shape index (κ3) is 7.34.